The van der Waals surface area contributed by atoms with Crippen molar-refractivity contribution in [2.75, 3.05) is 0 Å². The second-order valence-electron chi connectivity index (χ2n) is 2.84. The molecular formula is C9H12FP. The SMILES string of the molecule is Cc1cc(F)c(C)c(P)c1C. The summed E-state index contributed by atoms with van der Waals surface area (Å²) in [7, 11) is 2.57. The summed E-state index contributed by atoms with van der Waals surface area (Å²) in [6, 6.07) is 1.58. The third kappa shape index (κ3) is 1.44. The predicted molar refractivity (Wildman–Crippen MR) is 50.0 cm³/mol. The van der Waals surface area contributed by atoms with Gasteiger partial charge in [-0.05, 0) is 48.8 Å². The molecule has 1 atom stereocenters. The third-order valence-electron chi connectivity index (χ3n) is 2.10. The second kappa shape index (κ2) is 2.91. The van der Waals surface area contributed by atoms with Crippen LogP contribution in [-0.4, -0.2) is 0 Å². The standard InChI is InChI=1S/C9H12FP/c1-5-4-8(10)7(3)9(11)6(5)2/h4H,11H2,1-3H3. The van der Waals surface area contributed by atoms with Crippen molar-refractivity contribution in [3.63, 3.8) is 0 Å². The van der Waals surface area contributed by atoms with E-state index in [4.69, 9.17) is 0 Å². The molecule has 1 unspecified atom stereocenters. The van der Waals surface area contributed by atoms with Crippen molar-refractivity contribution in [3.05, 3.63) is 28.6 Å². The molecule has 0 aliphatic carbocycles. The van der Waals surface area contributed by atoms with Gasteiger partial charge < -0.3 is 0 Å². The molecule has 1 rings (SSSR count). The molecule has 0 spiro atoms. The number of halogens is 1. The first-order valence-electron chi connectivity index (χ1n) is 3.56. The monoisotopic (exact) mass is 170 g/mol. The lowest BCUT2D eigenvalue weighted by atomic mass is 10.1. The molecular weight excluding hydrogens is 158 g/mol. The zero-order valence-corrected chi connectivity index (χ0v) is 8.19. The van der Waals surface area contributed by atoms with Crippen LogP contribution in [0.25, 0.3) is 0 Å². The Morgan fingerprint density at radius 2 is 1.73 bits per heavy atom. The minimum Gasteiger partial charge on any atom is -0.207 e. The maximum Gasteiger partial charge on any atom is 0.127 e. The molecule has 0 amide bonds. The quantitative estimate of drug-likeness (QED) is 0.524. The van der Waals surface area contributed by atoms with E-state index in [9.17, 15) is 4.39 Å². The Hall–Kier alpha value is -0.420. The van der Waals surface area contributed by atoms with Crippen molar-refractivity contribution in [2.45, 2.75) is 20.8 Å². The summed E-state index contributed by atoms with van der Waals surface area (Å²) in [5.74, 6) is -0.113. The lowest BCUT2D eigenvalue weighted by molar-refractivity contribution is 0.618. The van der Waals surface area contributed by atoms with Gasteiger partial charge in [-0.1, -0.05) is 0 Å². The topological polar surface area (TPSA) is 0 Å². The van der Waals surface area contributed by atoms with Crippen LogP contribution in [0.5, 0.6) is 0 Å². The van der Waals surface area contributed by atoms with Crippen molar-refractivity contribution in [1.82, 2.24) is 0 Å². The van der Waals surface area contributed by atoms with E-state index in [1.54, 1.807) is 13.0 Å². The normalized spacial score (nSPS) is 10.3. The van der Waals surface area contributed by atoms with Crippen LogP contribution in [0.3, 0.4) is 0 Å². The minimum absolute atomic E-state index is 0.113. The van der Waals surface area contributed by atoms with Crippen molar-refractivity contribution in [2.24, 2.45) is 0 Å². The lowest BCUT2D eigenvalue weighted by Gasteiger charge is -2.08. The van der Waals surface area contributed by atoms with Gasteiger partial charge in [-0.15, -0.1) is 9.24 Å². The number of rotatable bonds is 0. The number of hydrogen-bond acceptors (Lipinski definition) is 0. The molecule has 0 saturated heterocycles. The molecule has 0 N–H and O–H groups in total. The Bertz CT molecular complexity index is 266. The average molecular weight is 170 g/mol. The summed E-state index contributed by atoms with van der Waals surface area (Å²) in [6.07, 6.45) is 0. The Morgan fingerprint density at radius 1 is 1.18 bits per heavy atom. The Labute approximate surface area is 69.0 Å². The summed E-state index contributed by atoms with van der Waals surface area (Å²) < 4.78 is 13.0. The number of benzene rings is 1. The van der Waals surface area contributed by atoms with E-state index in [0.717, 1.165) is 22.0 Å². The summed E-state index contributed by atoms with van der Waals surface area (Å²) in [5.41, 5.74) is 2.91. The van der Waals surface area contributed by atoms with Crippen LogP contribution in [0.15, 0.2) is 6.07 Å². The molecule has 0 aliphatic rings. The molecule has 60 valence electrons. The third-order valence-corrected chi connectivity index (χ3v) is 2.97. The Balaban J connectivity index is 3.46. The van der Waals surface area contributed by atoms with Gasteiger partial charge >= 0.3 is 0 Å². The summed E-state index contributed by atoms with van der Waals surface area (Å²) in [5, 5.41) is 0.988. The predicted octanol–water partition coefficient (Wildman–Crippen LogP) is 2.25. The zero-order valence-electron chi connectivity index (χ0n) is 7.03. The highest BCUT2D eigenvalue weighted by atomic mass is 31.0. The number of hydrogen-bond donors (Lipinski definition) is 0. The molecule has 0 aromatic heterocycles. The fourth-order valence-electron chi connectivity index (χ4n) is 1.03. The van der Waals surface area contributed by atoms with Crippen molar-refractivity contribution >= 4 is 14.5 Å². The van der Waals surface area contributed by atoms with Gasteiger partial charge in [0, 0.05) is 0 Å². The Morgan fingerprint density at radius 3 is 2.27 bits per heavy atom. The van der Waals surface area contributed by atoms with Gasteiger partial charge in [0.1, 0.15) is 5.82 Å². The van der Waals surface area contributed by atoms with Gasteiger partial charge in [0.15, 0.2) is 0 Å². The second-order valence-corrected chi connectivity index (χ2v) is 3.42. The first-order chi connectivity index (χ1) is 5.04. The first kappa shape index (κ1) is 8.67. The highest BCUT2D eigenvalue weighted by molar-refractivity contribution is 7.27. The number of aryl methyl sites for hydroxylation is 1. The molecule has 11 heavy (non-hydrogen) atoms. The van der Waals surface area contributed by atoms with E-state index in [1.807, 2.05) is 13.8 Å². The van der Waals surface area contributed by atoms with Gasteiger partial charge in [-0.2, -0.15) is 0 Å². The van der Waals surface area contributed by atoms with Crippen LogP contribution in [0.4, 0.5) is 4.39 Å². The fraction of sp³-hybridized carbons (Fsp3) is 0.333. The molecule has 0 radical (unpaired) electrons. The molecule has 0 aliphatic heterocycles. The average Bonchev–Trinajstić information content (AvgIpc) is 1.97. The van der Waals surface area contributed by atoms with E-state index in [-0.39, 0.29) is 5.82 Å². The molecule has 1 aromatic rings. The smallest absolute Gasteiger partial charge is 0.127 e. The van der Waals surface area contributed by atoms with Gasteiger partial charge in [0.2, 0.25) is 0 Å². The largest absolute Gasteiger partial charge is 0.207 e. The van der Waals surface area contributed by atoms with Gasteiger partial charge in [0.05, 0.1) is 0 Å². The molecule has 0 nitrogen and oxygen atoms in total. The van der Waals surface area contributed by atoms with E-state index in [1.165, 1.54) is 0 Å². The summed E-state index contributed by atoms with van der Waals surface area (Å²) in [4.78, 5) is 0. The first-order valence-corrected chi connectivity index (χ1v) is 4.13. The Kier molecular flexibility index (Phi) is 2.29. The maximum absolute atomic E-state index is 13.0. The molecule has 0 bridgehead atoms. The van der Waals surface area contributed by atoms with Crippen LogP contribution in [0.1, 0.15) is 16.7 Å². The van der Waals surface area contributed by atoms with Gasteiger partial charge in [-0.25, -0.2) is 4.39 Å². The van der Waals surface area contributed by atoms with Crippen LogP contribution in [0.2, 0.25) is 0 Å². The molecule has 1 aromatic carbocycles. The van der Waals surface area contributed by atoms with Crippen molar-refractivity contribution < 1.29 is 4.39 Å². The van der Waals surface area contributed by atoms with E-state index in [2.05, 4.69) is 9.24 Å². The van der Waals surface area contributed by atoms with Crippen LogP contribution >= 0.6 is 9.24 Å². The molecule has 0 heterocycles. The van der Waals surface area contributed by atoms with Crippen LogP contribution in [-0.2, 0) is 0 Å². The maximum atomic E-state index is 13.0. The van der Waals surface area contributed by atoms with E-state index < -0.39 is 0 Å². The van der Waals surface area contributed by atoms with Crippen molar-refractivity contribution in [1.29, 1.82) is 0 Å². The summed E-state index contributed by atoms with van der Waals surface area (Å²) in [6.45, 7) is 5.72. The molecule has 0 saturated carbocycles. The van der Waals surface area contributed by atoms with E-state index >= 15 is 0 Å². The fourth-order valence-corrected chi connectivity index (χ4v) is 1.39. The highest BCUT2D eigenvalue weighted by Gasteiger charge is 2.05. The van der Waals surface area contributed by atoms with Gasteiger partial charge in [0.25, 0.3) is 0 Å². The lowest BCUT2D eigenvalue weighted by Crippen LogP contribution is -2.06. The van der Waals surface area contributed by atoms with Crippen LogP contribution < -0.4 is 5.30 Å². The van der Waals surface area contributed by atoms with Crippen LogP contribution in [0, 0.1) is 26.6 Å². The summed E-state index contributed by atoms with van der Waals surface area (Å²) >= 11 is 0. The van der Waals surface area contributed by atoms with Crippen molar-refractivity contribution in [3.8, 4) is 0 Å². The highest BCUT2D eigenvalue weighted by Crippen LogP contribution is 2.13. The minimum atomic E-state index is -0.113. The van der Waals surface area contributed by atoms with Gasteiger partial charge in [-0.3, -0.25) is 0 Å². The molecule has 2 heteroatoms. The zero-order chi connectivity index (χ0) is 8.59. The van der Waals surface area contributed by atoms with E-state index in [0.29, 0.717) is 0 Å². The molecule has 0 fully saturated rings.